The number of fused-ring (bicyclic) bond motifs is 2. The summed E-state index contributed by atoms with van der Waals surface area (Å²) in [5.41, 5.74) is 8.11. The SMILES string of the molecule is C=CC(=O)N1CCC(n2nc3c(=O)[nH]nc(N)c3c2-c2oc3ccc(Cl)cc3c2C)CC1. The van der Waals surface area contributed by atoms with E-state index in [0.717, 1.165) is 10.9 Å². The number of piperidine rings is 1. The van der Waals surface area contributed by atoms with Gasteiger partial charge < -0.3 is 15.1 Å². The summed E-state index contributed by atoms with van der Waals surface area (Å²) in [7, 11) is 0. The highest BCUT2D eigenvalue weighted by Crippen LogP contribution is 2.40. The van der Waals surface area contributed by atoms with Crippen LogP contribution in [0.15, 0.2) is 40.1 Å². The Kier molecular flexibility index (Phi) is 4.78. The van der Waals surface area contributed by atoms with Crippen molar-refractivity contribution in [1.29, 1.82) is 0 Å². The van der Waals surface area contributed by atoms with Crippen molar-refractivity contribution >= 4 is 45.2 Å². The molecule has 3 aromatic heterocycles. The fourth-order valence-corrected chi connectivity index (χ4v) is 4.59. The Labute approximate surface area is 187 Å². The third kappa shape index (κ3) is 3.08. The smallest absolute Gasteiger partial charge is 0.292 e. The molecule has 0 saturated carbocycles. The normalized spacial score (nSPS) is 15.0. The molecule has 1 aliphatic rings. The van der Waals surface area contributed by atoms with Crippen molar-refractivity contribution in [2.24, 2.45) is 0 Å². The molecule has 0 radical (unpaired) electrons. The number of aromatic nitrogens is 4. The lowest BCUT2D eigenvalue weighted by Crippen LogP contribution is -2.38. The van der Waals surface area contributed by atoms with Gasteiger partial charge in [0.1, 0.15) is 11.3 Å². The van der Waals surface area contributed by atoms with Crippen molar-refractivity contribution in [3.05, 3.63) is 51.8 Å². The van der Waals surface area contributed by atoms with E-state index < -0.39 is 5.56 Å². The third-order valence-corrected chi connectivity index (χ3v) is 6.30. The van der Waals surface area contributed by atoms with Crippen LogP contribution in [0.1, 0.15) is 24.4 Å². The topological polar surface area (TPSA) is 123 Å². The van der Waals surface area contributed by atoms with Gasteiger partial charge in [-0.25, -0.2) is 5.10 Å². The number of carbonyl (C=O) groups is 1. The van der Waals surface area contributed by atoms with Gasteiger partial charge in [-0.15, -0.1) is 0 Å². The van der Waals surface area contributed by atoms with E-state index in [2.05, 4.69) is 21.9 Å². The van der Waals surface area contributed by atoms with Gasteiger partial charge in [0.05, 0.1) is 11.4 Å². The number of H-pyrrole nitrogens is 1. The predicted molar refractivity (Wildman–Crippen MR) is 123 cm³/mol. The second kappa shape index (κ2) is 7.52. The van der Waals surface area contributed by atoms with Crippen molar-refractivity contribution in [3.8, 4) is 11.5 Å². The van der Waals surface area contributed by atoms with Gasteiger partial charge >= 0.3 is 0 Å². The van der Waals surface area contributed by atoms with Crippen LogP contribution in [0.2, 0.25) is 5.02 Å². The number of amides is 1. The largest absolute Gasteiger partial charge is 0.454 e. The van der Waals surface area contributed by atoms with Crippen LogP contribution in [0.25, 0.3) is 33.3 Å². The zero-order chi connectivity index (χ0) is 22.6. The first kappa shape index (κ1) is 20.3. The Morgan fingerprint density at radius 1 is 1.38 bits per heavy atom. The Balaban J connectivity index is 1.71. The summed E-state index contributed by atoms with van der Waals surface area (Å²) in [5.74, 6) is 0.635. The molecule has 0 spiro atoms. The molecule has 9 nitrogen and oxygen atoms in total. The number of nitrogens with zero attached hydrogens (tertiary/aromatic N) is 4. The molecule has 5 rings (SSSR count). The molecule has 1 aliphatic heterocycles. The van der Waals surface area contributed by atoms with Gasteiger partial charge in [0, 0.05) is 29.1 Å². The van der Waals surface area contributed by atoms with Crippen LogP contribution < -0.4 is 11.3 Å². The van der Waals surface area contributed by atoms with Crippen molar-refractivity contribution in [1.82, 2.24) is 24.9 Å². The molecule has 1 fully saturated rings. The summed E-state index contributed by atoms with van der Waals surface area (Å²) >= 11 is 6.20. The average molecular weight is 453 g/mol. The predicted octanol–water partition coefficient (Wildman–Crippen LogP) is 3.43. The highest BCUT2D eigenvalue weighted by molar-refractivity contribution is 6.31. The standard InChI is InChI=1S/C22H21ClN6O3/c1-3-16(30)28-8-6-13(7-9-28)29-19(17-18(27-29)22(31)26-25-21(17)24)20-11(2)14-10-12(23)4-5-15(14)32-20/h3-5,10,13H,1,6-9H2,2H3,(H2,24,25)(H,26,31). The minimum atomic E-state index is -0.426. The molecule has 164 valence electrons. The van der Waals surface area contributed by atoms with Gasteiger partial charge in [0.15, 0.2) is 17.1 Å². The maximum atomic E-state index is 12.5. The number of likely N-dealkylation sites (tertiary alicyclic amines) is 1. The van der Waals surface area contributed by atoms with E-state index >= 15 is 0 Å². The molecule has 0 atom stereocenters. The first-order chi connectivity index (χ1) is 15.4. The summed E-state index contributed by atoms with van der Waals surface area (Å²) < 4.78 is 8.02. The lowest BCUT2D eigenvalue weighted by Gasteiger charge is -2.32. The van der Waals surface area contributed by atoms with Crippen LogP contribution in [-0.4, -0.2) is 43.9 Å². The highest BCUT2D eigenvalue weighted by atomic mass is 35.5. The van der Waals surface area contributed by atoms with E-state index in [0.29, 0.717) is 53.4 Å². The number of rotatable bonds is 3. The molecule has 1 amide bonds. The molecule has 0 unspecified atom stereocenters. The molecule has 3 N–H and O–H groups in total. The molecular weight excluding hydrogens is 432 g/mol. The van der Waals surface area contributed by atoms with Crippen LogP contribution in [0.4, 0.5) is 5.82 Å². The van der Waals surface area contributed by atoms with Gasteiger partial charge in [-0.1, -0.05) is 18.2 Å². The Hall–Kier alpha value is -3.59. The van der Waals surface area contributed by atoms with Crippen molar-refractivity contribution in [2.75, 3.05) is 18.8 Å². The number of nitrogens with two attached hydrogens (primary N) is 1. The van der Waals surface area contributed by atoms with Crippen LogP contribution in [0.5, 0.6) is 0 Å². The van der Waals surface area contributed by atoms with Crippen LogP contribution in [-0.2, 0) is 4.79 Å². The van der Waals surface area contributed by atoms with Crippen LogP contribution in [0.3, 0.4) is 0 Å². The monoisotopic (exact) mass is 452 g/mol. The molecule has 1 saturated heterocycles. The maximum Gasteiger partial charge on any atom is 0.292 e. The van der Waals surface area contributed by atoms with Gasteiger partial charge in [-0.3, -0.25) is 14.3 Å². The Morgan fingerprint density at radius 2 is 2.12 bits per heavy atom. The number of carbonyl (C=O) groups excluding carboxylic acids is 1. The minimum absolute atomic E-state index is 0.0544. The fourth-order valence-electron chi connectivity index (χ4n) is 4.42. The second-order valence-electron chi connectivity index (χ2n) is 7.91. The second-order valence-corrected chi connectivity index (χ2v) is 8.35. The zero-order valence-corrected chi connectivity index (χ0v) is 18.1. The summed E-state index contributed by atoms with van der Waals surface area (Å²) in [6.07, 6.45) is 2.65. The Bertz CT molecular complexity index is 1440. The highest BCUT2D eigenvalue weighted by Gasteiger charge is 2.30. The van der Waals surface area contributed by atoms with E-state index in [4.69, 9.17) is 21.8 Å². The number of aromatic amines is 1. The van der Waals surface area contributed by atoms with Gasteiger partial charge in [-0.05, 0) is 44.0 Å². The van der Waals surface area contributed by atoms with Gasteiger partial charge in [0.25, 0.3) is 5.56 Å². The molecule has 1 aromatic carbocycles. The lowest BCUT2D eigenvalue weighted by molar-refractivity contribution is -0.127. The first-order valence-corrected chi connectivity index (χ1v) is 10.6. The van der Waals surface area contributed by atoms with E-state index in [9.17, 15) is 9.59 Å². The van der Waals surface area contributed by atoms with Crippen LogP contribution in [0, 0.1) is 6.92 Å². The van der Waals surface area contributed by atoms with Crippen LogP contribution >= 0.6 is 11.6 Å². The number of hydrogen-bond acceptors (Lipinski definition) is 6. The molecule has 32 heavy (non-hydrogen) atoms. The number of anilines is 1. The number of benzene rings is 1. The summed E-state index contributed by atoms with van der Waals surface area (Å²) in [4.78, 5) is 26.3. The van der Waals surface area contributed by atoms with Gasteiger partial charge in [-0.2, -0.15) is 10.2 Å². The number of furan rings is 1. The quantitative estimate of drug-likeness (QED) is 0.459. The third-order valence-electron chi connectivity index (χ3n) is 6.07. The zero-order valence-electron chi connectivity index (χ0n) is 17.4. The summed E-state index contributed by atoms with van der Waals surface area (Å²) in [6, 6.07) is 5.36. The molecular formula is C22H21ClN6O3. The number of halogens is 1. The maximum absolute atomic E-state index is 12.5. The van der Waals surface area contributed by atoms with E-state index in [1.54, 1.807) is 15.6 Å². The fraction of sp³-hybridized carbons (Fsp3) is 0.273. The molecule has 10 heteroatoms. The van der Waals surface area contributed by atoms with Crippen molar-refractivity contribution < 1.29 is 9.21 Å². The molecule has 4 heterocycles. The summed E-state index contributed by atoms with van der Waals surface area (Å²) in [5, 5.41) is 12.9. The number of hydrogen-bond donors (Lipinski definition) is 2. The van der Waals surface area contributed by atoms with Gasteiger partial charge in [0.2, 0.25) is 5.91 Å². The van der Waals surface area contributed by atoms with Crippen molar-refractivity contribution in [2.45, 2.75) is 25.8 Å². The van der Waals surface area contributed by atoms with E-state index in [1.807, 2.05) is 19.1 Å². The average Bonchev–Trinajstić information content (AvgIpc) is 3.35. The summed E-state index contributed by atoms with van der Waals surface area (Å²) in [6.45, 7) is 6.61. The van der Waals surface area contributed by atoms with E-state index in [1.165, 1.54) is 6.08 Å². The molecule has 0 aliphatic carbocycles. The molecule has 4 aromatic rings. The lowest BCUT2D eigenvalue weighted by atomic mass is 10.0. The number of nitrogens with one attached hydrogen (secondary N) is 1. The van der Waals surface area contributed by atoms with E-state index in [-0.39, 0.29) is 23.3 Å². The first-order valence-electron chi connectivity index (χ1n) is 10.3. The van der Waals surface area contributed by atoms with Crippen molar-refractivity contribution in [3.63, 3.8) is 0 Å². The number of nitrogen functional groups attached to an aromatic ring is 1. The Morgan fingerprint density at radius 3 is 2.84 bits per heavy atom. The number of aryl methyl sites for hydroxylation is 1. The molecule has 0 bridgehead atoms. The minimum Gasteiger partial charge on any atom is -0.454 e.